The van der Waals surface area contributed by atoms with Crippen LogP contribution in [-0.4, -0.2) is 29.1 Å². The lowest BCUT2D eigenvalue weighted by atomic mass is 10.2. The molecule has 0 bridgehead atoms. The van der Waals surface area contributed by atoms with Crippen LogP contribution in [0.2, 0.25) is 0 Å². The average Bonchev–Trinajstić information content (AvgIpc) is 3.34. The van der Waals surface area contributed by atoms with Gasteiger partial charge < -0.3 is 5.32 Å². The summed E-state index contributed by atoms with van der Waals surface area (Å²) in [6, 6.07) is 15.7. The van der Waals surface area contributed by atoms with Crippen molar-refractivity contribution in [3.63, 3.8) is 0 Å². The highest BCUT2D eigenvalue weighted by Gasteiger charge is 2.30. The molecule has 1 aromatic heterocycles. The molecule has 8 nitrogen and oxygen atoms in total. The Morgan fingerprint density at radius 1 is 0.912 bits per heavy atom. The number of sulfonamides is 1. The fourth-order valence-corrected chi connectivity index (χ4v) is 4.12. The molecule has 0 unspecified atom stereocenters. The Bertz CT molecular complexity index is 1420. The molecule has 0 fully saturated rings. The summed E-state index contributed by atoms with van der Waals surface area (Å²) < 4.78 is 67.8. The van der Waals surface area contributed by atoms with E-state index in [0.29, 0.717) is 17.3 Å². The number of anilines is 2. The Labute approximate surface area is 192 Å². The van der Waals surface area contributed by atoms with E-state index >= 15 is 0 Å². The first-order valence-electron chi connectivity index (χ1n) is 9.68. The van der Waals surface area contributed by atoms with Crippen LogP contribution in [0.3, 0.4) is 0 Å². The summed E-state index contributed by atoms with van der Waals surface area (Å²) in [6.45, 7) is 0. The first-order valence-corrected chi connectivity index (χ1v) is 11.2. The highest BCUT2D eigenvalue weighted by Crippen LogP contribution is 2.31. The maximum Gasteiger partial charge on any atom is 0.416 e. The van der Waals surface area contributed by atoms with E-state index in [1.54, 1.807) is 24.3 Å². The van der Waals surface area contributed by atoms with Crippen LogP contribution < -0.4 is 10.0 Å². The standard InChI is InChI=1S/C22H16F3N5O3S/c23-22(24,25)16-3-1-5-18(11-16)29-34(32,33)20-6-2-4-17(12-20)28-21(31)15-7-9-19(10-8-15)30-14-26-13-27-30/h1-14,29H,(H,28,31). The molecule has 0 saturated heterocycles. The number of hydrogen-bond donors (Lipinski definition) is 2. The van der Waals surface area contributed by atoms with E-state index in [1.165, 1.54) is 47.7 Å². The molecule has 0 saturated carbocycles. The summed E-state index contributed by atoms with van der Waals surface area (Å²) in [7, 11) is -4.21. The molecule has 1 amide bonds. The molecule has 0 aliphatic rings. The van der Waals surface area contributed by atoms with Crippen molar-refractivity contribution < 1.29 is 26.4 Å². The number of nitrogens with zero attached hydrogens (tertiary/aromatic N) is 3. The summed E-state index contributed by atoms with van der Waals surface area (Å²) in [4.78, 5) is 16.2. The lowest BCUT2D eigenvalue weighted by molar-refractivity contribution is -0.137. The molecular weight excluding hydrogens is 471 g/mol. The molecule has 0 atom stereocenters. The smallest absolute Gasteiger partial charge is 0.322 e. The summed E-state index contributed by atoms with van der Waals surface area (Å²) in [6.07, 6.45) is -1.73. The summed E-state index contributed by atoms with van der Waals surface area (Å²) in [5.74, 6) is -0.481. The van der Waals surface area contributed by atoms with Crippen LogP contribution in [0, 0.1) is 0 Å². The van der Waals surface area contributed by atoms with E-state index in [0.717, 1.165) is 12.1 Å². The highest BCUT2D eigenvalue weighted by molar-refractivity contribution is 7.92. The lowest BCUT2D eigenvalue weighted by Crippen LogP contribution is -2.15. The maximum absolute atomic E-state index is 12.9. The fourth-order valence-electron chi connectivity index (χ4n) is 3.02. The Hall–Kier alpha value is -4.19. The van der Waals surface area contributed by atoms with Crippen molar-refractivity contribution in [2.75, 3.05) is 10.0 Å². The summed E-state index contributed by atoms with van der Waals surface area (Å²) in [5, 5.41) is 6.60. The zero-order valence-corrected chi connectivity index (χ0v) is 18.0. The van der Waals surface area contributed by atoms with Crippen LogP contribution in [0.5, 0.6) is 0 Å². The molecule has 3 aromatic carbocycles. The largest absolute Gasteiger partial charge is 0.416 e. The van der Waals surface area contributed by atoms with Crippen LogP contribution in [-0.2, 0) is 16.2 Å². The number of halogens is 3. The third kappa shape index (κ3) is 5.23. The van der Waals surface area contributed by atoms with Crippen LogP contribution in [0.1, 0.15) is 15.9 Å². The Kier molecular flexibility index (Phi) is 6.07. The molecule has 34 heavy (non-hydrogen) atoms. The molecule has 0 radical (unpaired) electrons. The third-order valence-corrected chi connectivity index (χ3v) is 6.04. The van der Waals surface area contributed by atoms with Gasteiger partial charge in [-0.1, -0.05) is 12.1 Å². The molecule has 4 aromatic rings. The average molecular weight is 487 g/mol. The quantitative estimate of drug-likeness (QED) is 0.421. The Morgan fingerprint density at radius 2 is 1.62 bits per heavy atom. The molecule has 0 spiro atoms. The number of nitrogens with one attached hydrogen (secondary N) is 2. The van der Waals surface area contributed by atoms with Gasteiger partial charge in [-0.2, -0.15) is 18.3 Å². The van der Waals surface area contributed by atoms with Crippen LogP contribution in [0.15, 0.2) is 90.3 Å². The molecule has 1 heterocycles. The van der Waals surface area contributed by atoms with Crippen molar-refractivity contribution in [1.29, 1.82) is 0 Å². The van der Waals surface area contributed by atoms with Crippen molar-refractivity contribution in [2.24, 2.45) is 0 Å². The van der Waals surface area contributed by atoms with Gasteiger partial charge in [0.25, 0.3) is 15.9 Å². The minimum absolute atomic E-state index is 0.192. The summed E-state index contributed by atoms with van der Waals surface area (Å²) in [5.41, 5.74) is -0.0143. The van der Waals surface area contributed by atoms with Crippen molar-refractivity contribution in [2.45, 2.75) is 11.1 Å². The topological polar surface area (TPSA) is 106 Å². The number of carbonyl (C=O) groups is 1. The van der Waals surface area contributed by atoms with Gasteiger partial charge in [0.15, 0.2) is 0 Å². The molecule has 12 heteroatoms. The molecule has 4 rings (SSSR count). The summed E-state index contributed by atoms with van der Waals surface area (Å²) >= 11 is 0. The van der Waals surface area contributed by atoms with Gasteiger partial charge in [0.1, 0.15) is 12.7 Å². The van der Waals surface area contributed by atoms with Gasteiger partial charge in [0, 0.05) is 16.9 Å². The minimum atomic E-state index is -4.61. The number of amides is 1. The third-order valence-electron chi connectivity index (χ3n) is 4.66. The minimum Gasteiger partial charge on any atom is -0.322 e. The van der Waals surface area contributed by atoms with E-state index < -0.39 is 27.7 Å². The highest BCUT2D eigenvalue weighted by atomic mass is 32.2. The number of carbonyl (C=O) groups excluding carboxylic acids is 1. The predicted octanol–water partition coefficient (Wildman–Crippen LogP) is 4.34. The second-order valence-electron chi connectivity index (χ2n) is 7.05. The van der Waals surface area contributed by atoms with Gasteiger partial charge in [-0.05, 0) is 60.7 Å². The van der Waals surface area contributed by atoms with Gasteiger partial charge in [0.2, 0.25) is 0 Å². The SMILES string of the molecule is O=C(Nc1cccc(S(=O)(=O)Nc2cccc(C(F)(F)F)c2)c1)c1ccc(-n2cncn2)cc1. The predicted molar refractivity (Wildman–Crippen MR) is 118 cm³/mol. The Morgan fingerprint density at radius 3 is 2.29 bits per heavy atom. The van der Waals surface area contributed by atoms with Gasteiger partial charge in [-0.15, -0.1) is 0 Å². The second-order valence-corrected chi connectivity index (χ2v) is 8.74. The van der Waals surface area contributed by atoms with Gasteiger partial charge in [0.05, 0.1) is 16.1 Å². The van der Waals surface area contributed by atoms with E-state index in [-0.39, 0.29) is 16.3 Å². The molecular formula is C22H16F3N5O3S. The first kappa shape index (κ1) is 23.0. The molecule has 174 valence electrons. The van der Waals surface area contributed by atoms with Crippen LogP contribution in [0.4, 0.5) is 24.5 Å². The molecule has 0 aliphatic carbocycles. The van der Waals surface area contributed by atoms with Gasteiger partial charge in [-0.3, -0.25) is 9.52 Å². The second kappa shape index (κ2) is 8.98. The van der Waals surface area contributed by atoms with Gasteiger partial charge in [-0.25, -0.2) is 18.1 Å². The number of hydrogen-bond acceptors (Lipinski definition) is 5. The molecule has 2 N–H and O–H groups in total. The van der Waals surface area contributed by atoms with Crippen LogP contribution in [0.25, 0.3) is 5.69 Å². The monoisotopic (exact) mass is 487 g/mol. The number of rotatable bonds is 6. The first-order chi connectivity index (χ1) is 16.1. The fraction of sp³-hybridized carbons (Fsp3) is 0.0455. The zero-order valence-electron chi connectivity index (χ0n) is 17.2. The number of aromatic nitrogens is 3. The van der Waals surface area contributed by atoms with Crippen molar-refractivity contribution in [3.05, 3.63) is 96.6 Å². The van der Waals surface area contributed by atoms with Crippen molar-refractivity contribution in [1.82, 2.24) is 14.8 Å². The van der Waals surface area contributed by atoms with E-state index in [4.69, 9.17) is 0 Å². The maximum atomic E-state index is 12.9. The number of benzene rings is 3. The lowest BCUT2D eigenvalue weighted by Gasteiger charge is -2.12. The van der Waals surface area contributed by atoms with Crippen molar-refractivity contribution >= 4 is 27.3 Å². The van der Waals surface area contributed by atoms with Gasteiger partial charge >= 0.3 is 6.18 Å². The number of alkyl halides is 3. The van der Waals surface area contributed by atoms with Crippen LogP contribution >= 0.6 is 0 Å². The normalized spacial score (nSPS) is 11.7. The van der Waals surface area contributed by atoms with E-state index in [9.17, 15) is 26.4 Å². The molecule has 0 aliphatic heterocycles. The Balaban J connectivity index is 1.49. The van der Waals surface area contributed by atoms with E-state index in [2.05, 4.69) is 20.1 Å². The zero-order chi connectivity index (χ0) is 24.3. The van der Waals surface area contributed by atoms with E-state index in [1.807, 2.05) is 0 Å². The van der Waals surface area contributed by atoms with Crippen molar-refractivity contribution in [3.8, 4) is 5.69 Å².